The third-order valence-electron chi connectivity index (χ3n) is 5.26. The van der Waals surface area contributed by atoms with Crippen molar-refractivity contribution >= 4 is 33.2 Å². The lowest BCUT2D eigenvalue weighted by atomic mass is 9.95. The van der Waals surface area contributed by atoms with Gasteiger partial charge in [0.15, 0.2) is 9.84 Å². The zero-order valence-electron chi connectivity index (χ0n) is 21.4. The third-order valence-corrected chi connectivity index (χ3v) is 7.26. The Balaban J connectivity index is 2.49. The summed E-state index contributed by atoms with van der Waals surface area (Å²) in [5.41, 5.74) is -5.46. The second-order valence-electron chi connectivity index (χ2n) is 9.10. The summed E-state index contributed by atoms with van der Waals surface area (Å²) in [6, 6.07) is 0.264. The molecular formula is C24H17ClF13NO4S. The highest BCUT2D eigenvalue weighted by atomic mass is 35.5. The van der Waals surface area contributed by atoms with Crippen LogP contribution in [0.2, 0.25) is 5.02 Å². The summed E-state index contributed by atoms with van der Waals surface area (Å²) in [7, 11) is -4.87. The predicted molar refractivity (Wildman–Crippen MR) is 129 cm³/mol. The molecule has 0 aliphatic rings. The number of allylic oxidation sites excluding steroid dienone is 1. The minimum atomic E-state index is -5.46. The first kappa shape index (κ1) is 37.0. The van der Waals surface area contributed by atoms with Crippen LogP contribution in [0, 0.1) is 0 Å². The molecule has 0 aliphatic carbocycles. The Kier molecular flexibility index (Phi) is 10.9. The smallest absolute Gasteiger partial charge is 0.406 e. The molecule has 0 radical (unpaired) electrons. The van der Waals surface area contributed by atoms with Crippen LogP contribution in [0.5, 0.6) is 5.75 Å². The van der Waals surface area contributed by atoms with Crippen LogP contribution in [0.3, 0.4) is 0 Å². The van der Waals surface area contributed by atoms with Gasteiger partial charge >= 0.3 is 24.9 Å². The van der Waals surface area contributed by atoms with Crippen LogP contribution < -0.4 is 10.1 Å². The van der Waals surface area contributed by atoms with E-state index in [1.54, 1.807) is 5.32 Å². The molecule has 0 aliphatic heterocycles. The maximum absolute atomic E-state index is 15.0. The molecule has 2 aromatic carbocycles. The Bertz CT molecular complexity index is 1500. The van der Waals surface area contributed by atoms with Crippen LogP contribution in [0.25, 0.3) is 5.83 Å². The average molecular weight is 698 g/mol. The van der Waals surface area contributed by atoms with Gasteiger partial charge in [-0.1, -0.05) is 17.7 Å². The third kappa shape index (κ3) is 11.4. The highest BCUT2D eigenvalue weighted by Gasteiger charge is 2.42. The van der Waals surface area contributed by atoms with Gasteiger partial charge in [0.25, 0.3) is 5.91 Å². The SMILES string of the molecule is C[C@H](CS(=O)(=O)CC(F)(F)F)NC(=O)c1ccc(/C(F)=C/C(c2cc(Cl)cc(OC(F)(F)F)c2)C(F)(F)F)cc1C(F)(F)F. The number of rotatable bonds is 9. The molecule has 0 saturated carbocycles. The van der Waals surface area contributed by atoms with Gasteiger partial charge < -0.3 is 10.1 Å². The topological polar surface area (TPSA) is 72.5 Å². The summed E-state index contributed by atoms with van der Waals surface area (Å²) >= 11 is 5.57. The largest absolute Gasteiger partial charge is 0.573 e. The van der Waals surface area contributed by atoms with Crippen molar-refractivity contribution in [3.05, 3.63) is 69.8 Å². The number of benzene rings is 2. The number of amides is 1. The zero-order chi connectivity index (χ0) is 34.1. The molecule has 1 N–H and O–H groups in total. The van der Waals surface area contributed by atoms with Crippen molar-refractivity contribution in [2.45, 2.75) is 43.8 Å². The van der Waals surface area contributed by atoms with Crippen molar-refractivity contribution in [3.63, 3.8) is 0 Å². The van der Waals surface area contributed by atoms with E-state index in [1.165, 1.54) is 0 Å². The molecule has 2 rings (SSSR count). The van der Waals surface area contributed by atoms with E-state index in [0.717, 1.165) is 6.92 Å². The molecule has 0 heterocycles. The highest BCUT2D eigenvalue weighted by Crippen LogP contribution is 2.42. The van der Waals surface area contributed by atoms with Crippen molar-refractivity contribution in [2.75, 3.05) is 11.5 Å². The van der Waals surface area contributed by atoms with Crippen LogP contribution in [-0.2, 0) is 16.0 Å². The summed E-state index contributed by atoms with van der Waals surface area (Å²) in [5, 5.41) is 1.06. The van der Waals surface area contributed by atoms with Gasteiger partial charge in [0, 0.05) is 16.6 Å². The molecular weight excluding hydrogens is 681 g/mol. The monoisotopic (exact) mass is 697 g/mol. The molecule has 20 heteroatoms. The van der Waals surface area contributed by atoms with E-state index in [-0.39, 0.29) is 18.2 Å². The summed E-state index contributed by atoms with van der Waals surface area (Å²) in [4.78, 5) is 12.4. The van der Waals surface area contributed by atoms with Gasteiger partial charge in [0.05, 0.1) is 16.9 Å². The normalized spacial score (nSPS) is 15.1. The molecule has 5 nitrogen and oxygen atoms in total. The Morgan fingerprint density at radius 3 is 2.05 bits per heavy atom. The maximum Gasteiger partial charge on any atom is 0.573 e. The Labute approximate surface area is 244 Å². The van der Waals surface area contributed by atoms with Crippen LogP contribution in [0.4, 0.5) is 57.1 Å². The molecule has 2 aromatic rings. The van der Waals surface area contributed by atoms with E-state index in [9.17, 15) is 70.3 Å². The molecule has 1 amide bonds. The summed E-state index contributed by atoms with van der Waals surface area (Å²) in [5.74, 6) is -11.5. The van der Waals surface area contributed by atoms with Crippen LogP contribution in [0.1, 0.15) is 39.9 Å². The minimum Gasteiger partial charge on any atom is -0.406 e. The quantitative estimate of drug-likeness (QED) is 0.270. The molecule has 0 saturated heterocycles. The Hall–Kier alpha value is -3.22. The maximum atomic E-state index is 15.0. The number of halogens is 14. The lowest BCUT2D eigenvalue weighted by molar-refractivity contribution is -0.274. The molecule has 0 spiro atoms. The highest BCUT2D eigenvalue weighted by molar-refractivity contribution is 7.91. The molecule has 246 valence electrons. The molecule has 0 bridgehead atoms. The molecule has 0 fully saturated rings. The van der Waals surface area contributed by atoms with E-state index < -0.39 is 103 Å². The lowest BCUT2D eigenvalue weighted by Gasteiger charge is -2.20. The first-order valence-electron chi connectivity index (χ1n) is 11.5. The van der Waals surface area contributed by atoms with Crippen molar-refractivity contribution in [3.8, 4) is 5.75 Å². The Morgan fingerprint density at radius 2 is 1.55 bits per heavy atom. The summed E-state index contributed by atoms with van der Waals surface area (Å²) in [6.45, 7) is 0.869. The van der Waals surface area contributed by atoms with Crippen LogP contribution in [0.15, 0.2) is 42.5 Å². The van der Waals surface area contributed by atoms with Crippen molar-refractivity contribution < 1.29 is 75.0 Å². The van der Waals surface area contributed by atoms with Gasteiger partial charge in [0.1, 0.15) is 23.2 Å². The zero-order valence-corrected chi connectivity index (χ0v) is 23.0. The number of sulfone groups is 1. The Morgan fingerprint density at radius 1 is 0.955 bits per heavy atom. The van der Waals surface area contributed by atoms with Gasteiger partial charge in [-0.05, 0) is 48.9 Å². The fourth-order valence-corrected chi connectivity index (χ4v) is 5.43. The van der Waals surface area contributed by atoms with Gasteiger partial charge in [-0.2, -0.15) is 39.5 Å². The minimum absolute atomic E-state index is 0.0740. The number of carbonyl (C=O) groups excluding carboxylic acids is 1. The van der Waals surface area contributed by atoms with Crippen LogP contribution >= 0.6 is 11.6 Å². The van der Waals surface area contributed by atoms with E-state index in [4.69, 9.17) is 11.6 Å². The van der Waals surface area contributed by atoms with E-state index in [0.29, 0.717) is 24.3 Å². The van der Waals surface area contributed by atoms with Crippen molar-refractivity contribution in [1.29, 1.82) is 0 Å². The fraction of sp³-hybridized carbons (Fsp3) is 0.375. The number of ether oxygens (including phenoxy) is 1. The average Bonchev–Trinajstić information content (AvgIpc) is 2.76. The van der Waals surface area contributed by atoms with Crippen molar-refractivity contribution in [2.24, 2.45) is 0 Å². The van der Waals surface area contributed by atoms with Gasteiger partial charge in [-0.3, -0.25) is 4.79 Å². The molecule has 44 heavy (non-hydrogen) atoms. The van der Waals surface area contributed by atoms with Crippen LogP contribution in [-0.4, -0.2) is 50.6 Å². The first-order chi connectivity index (χ1) is 19.7. The second kappa shape index (κ2) is 13.0. The lowest BCUT2D eigenvalue weighted by Crippen LogP contribution is -2.40. The van der Waals surface area contributed by atoms with Crippen molar-refractivity contribution in [1.82, 2.24) is 5.32 Å². The molecule has 0 aromatic heterocycles. The van der Waals surface area contributed by atoms with Gasteiger partial charge in [0.2, 0.25) is 0 Å². The molecule has 1 unspecified atom stereocenters. The fourth-order valence-electron chi connectivity index (χ4n) is 3.74. The van der Waals surface area contributed by atoms with E-state index >= 15 is 0 Å². The standard InChI is InChI=1S/C24H17ClF13NO4S/c1-11(9-44(41,42)10-21(27,28)29)39-20(40)16-3-2-12(6-18(16)23(33,34)35)19(26)8-17(22(30,31)32)13-4-14(25)7-15(5-13)43-24(36,37)38/h2-8,11,17H,9-10H2,1H3,(H,39,40)/b19-8-/t11-,17?/m1/s1. The van der Waals surface area contributed by atoms with E-state index in [2.05, 4.69) is 4.74 Å². The molecule has 2 atom stereocenters. The van der Waals surface area contributed by atoms with Gasteiger partial charge in [-0.25, -0.2) is 12.8 Å². The first-order valence-corrected chi connectivity index (χ1v) is 13.7. The number of hydrogen-bond donors (Lipinski definition) is 1. The number of carbonyl (C=O) groups is 1. The van der Waals surface area contributed by atoms with Gasteiger partial charge in [-0.15, -0.1) is 13.2 Å². The predicted octanol–water partition coefficient (Wildman–Crippen LogP) is 8.01. The number of hydrogen-bond acceptors (Lipinski definition) is 4. The summed E-state index contributed by atoms with van der Waals surface area (Å²) < 4.78 is 199. The second-order valence-corrected chi connectivity index (χ2v) is 11.6. The number of nitrogens with one attached hydrogen (secondary N) is 1. The summed E-state index contributed by atoms with van der Waals surface area (Å²) in [6.07, 6.45) is -21.6. The van der Waals surface area contributed by atoms with E-state index in [1.807, 2.05) is 0 Å². The number of alkyl halides is 12.